The molecule has 0 bridgehead atoms. The van der Waals surface area contributed by atoms with Crippen molar-refractivity contribution in [3.05, 3.63) is 71.8 Å². The maximum atomic E-state index is 12.2. The first-order valence-electron chi connectivity index (χ1n) is 15.7. The fraction of sp³-hybridized carbons (Fsp3) is 0.529. The van der Waals surface area contributed by atoms with Crippen LogP contribution in [0.25, 0.3) is 0 Å². The molecule has 2 N–H and O–H groups in total. The molecule has 2 aliphatic rings. The van der Waals surface area contributed by atoms with Crippen molar-refractivity contribution >= 4 is 23.9 Å². The summed E-state index contributed by atoms with van der Waals surface area (Å²) in [6.07, 6.45) is -14.6. The van der Waals surface area contributed by atoms with Crippen molar-refractivity contribution in [3.63, 3.8) is 0 Å². The summed E-state index contributed by atoms with van der Waals surface area (Å²) in [5.41, 5.74) is 1.69. The van der Waals surface area contributed by atoms with Crippen LogP contribution in [0.1, 0.15) is 38.8 Å². The van der Waals surface area contributed by atoms with Gasteiger partial charge in [0.25, 0.3) is 0 Å². The molecule has 0 aliphatic carbocycles. The molecule has 0 aromatic heterocycles. The molecule has 4 rings (SSSR count). The Labute approximate surface area is 283 Å². The van der Waals surface area contributed by atoms with Crippen molar-refractivity contribution in [1.82, 2.24) is 0 Å². The standard InChI is InChI=1S/C34H42O15/c1-19(35)42-18-26-29(44-20(2)36)31(45-21(3)37)32(46-22(4)38)34(48-26)49-30-27(39)28(43-16-24-13-9-6-10-14-24)25(47-33(30)40)17-41-15-23-11-7-5-8-12-23/h5-14,25-34,39-40H,15-18H2,1-4H3/t25-,26-,27+,28-,29-,30+,31+,32+,33+,34-/m1/s1. The molecule has 0 spiro atoms. The van der Waals surface area contributed by atoms with Gasteiger partial charge in [-0.15, -0.1) is 0 Å². The molecule has 0 radical (unpaired) electrons. The predicted molar refractivity (Wildman–Crippen MR) is 165 cm³/mol. The van der Waals surface area contributed by atoms with Crippen LogP contribution in [0, 0.1) is 0 Å². The number of aliphatic hydroxyl groups excluding tert-OH is 2. The zero-order chi connectivity index (χ0) is 35.5. The third-order valence-electron chi connectivity index (χ3n) is 7.55. The van der Waals surface area contributed by atoms with Gasteiger partial charge in [0.2, 0.25) is 0 Å². The van der Waals surface area contributed by atoms with E-state index in [9.17, 15) is 29.4 Å². The number of carbonyl (C=O) groups excluding carboxylic acids is 4. The minimum atomic E-state index is -1.79. The summed E-state index contributed by atoms with van der Waals surface area (Å²) in [7, 11) is 0. The van der Waals surface area contributed by atoms with E-state index in [2.05, 4.69) is 0 Å². The minimum Gasteiger partial charge on any atom is -0.463 e. The largest absolute Gasteiger partial charge is 0.463 e. The monoisotopic (exact) mass is 690 g/mol. The minimum absolute atomic E-state index is 0.0585. The highest BCUT2D eigenvalue weighted by atomic mass is 16.8. The van der Waals surface area contributed by atoms with Crippen LogP contribution >= 0.6 is 0 Å². The van der Waals surface area contributed by atoms with Crippen LogP contribution in [-0.4, -0.2) is 109 Å². The molecule has 49 heavy (non-hydrogen) atoms. The van der Waals surface area contributed by atoms with Crippen LogP contribution < -0.4 is 0 Å². The normalized spacial score (nSPS) is 29.8. The molecule has 268 valence electrons. The second-order valence-electron chi connectivity index (χ2n) is 11.5. The van der Waals surface area contributed by atoms with Crippen molar-refractivity contribution < 1.29 is 72.0 Å². The number of hydrogen-bond donors (Lipinski definition) is 2. The van der Waals surface area contributed by atoms with Gasteiger partial charge in [-0.25, -0.2) is 0 Å². The summed E-state index contributed by atoms with van der Waals surface area (Å²) in [5, 5.41) is 22.8. The van der Waals surface area contributed by atoms with Crippen molar-refractivity contribution in [3.8, 4) is 0 Å². The zero-order valence-corrected chi connectivity index (χ0v) is 27.6. The summed E-state index contributed by atoms with van der Waals surface area (Å²) >= 11 is 0. The Morgan fingerprint density at radius 3 is 1.71 bits per heavy atom. The van der Waals surface area contributed by atoms with Crippen LogP contribution in [-0.2, 0) is 75.0 Å². The van der Waals surface area contributed by atoms with Gasteiger partial charge in [-0.1, -0.05) is 60.7 Å². The molecule has 2 aromatic carbocycles. The molecule has 0 amide bonds. The molecule has 2 saturated heterocycles. The van der Waals surface area contributed by atoms with E-state index in [1.54, 1.807) is 0 Å². The molecule has 0 saturated carbocycles. The van der Waals surface area contributed by atoms with Crippen molar-refractivity contribution in [2.24, 2.45) is 0 Å². The van der Waals surface area contributed by atoms with E-state index in [4.69, 9.17) is 42.6 Å². The van der Waals surface area contributed by atoms with Crippen molar-refractivity contribution in [1.29, 1.82) is 0 Å². The molecule has 15 heteroatoms. The van der Waals surface area contributed by atoms with E-state index >= 15 is 0 Å². The first-order valence-corrected chi connectivity index (χ1v) is 15.7. The Hall–Kier alpha value is -3.96. The van der Waals surface area contributed by atoms with E-state index in [0.717, 1.165) is 38.8 Å². The van der Waals surface area contributed by atoms with E-state index in [0.29, 0.717) is 0 Å². The van der Waals surface area contributed by atoms with Gasteiger partial charge in [-0.2, -0.15) is 0 Å². The molecular weight excluding hydrogens is 648 g/mol. The van der Waals surface area contributed by atoms with Gasteiger partial charge in [0, 0.05) is 27.7 Å². The summed E-state index contributed by atoms with van der Waals surface area (Å²) in [6.45, 7) is 4.12. The maximum Gasteiger partial charge on any atom is 0.303 e. The van der Waals surface area contributed by atoms with Crippen LogP contribution in [0.15, 0.2) is 60.7 Å². The Balaban J connectivity index is 1.60. The van der Waals surface area contributed by atoms with Crippen molar-refractivity contribution in [2.75, 3.05) is 13.2 Å². The van der Waals surface area contributed by atoms with E-state index in [1.165, 1.54) is 0 Å². The highest BCUT2D eigenvalue weighted by Crippen LogP contribution is 2.34. The van der Waals surface area contributed by atoms with Gasteiger partial charge in [-0.3, -0.25) is 19.2 Å². The number of benzene rings is 2. The maximum absolute atomic E-state index is 12.2. The third kappa shape index (κ3) is 11.0. The third-order valence-corrected chi connectivity index (χ3v) is 7.55. The van der Waals surface area contributed by atoms with Crippen LogP contribution in [0.3, 0.4) is 0 Å². The van der Waals surface area contributed by atoms with Crippen LogP contribution in [0.4, 0.5) is 0 Å². The molecule has 2 heterocycles. The molecule has 10 atom stereocenters. The first kappa shape index (κ1) is 37.9. The topological polar surface area (TPSA) is 192 Å². The average Bonchev–Trinajstić information content (AvgIpc) is 3.04. The van der Waals surface area contributed by atoms with E-state index in [-0.39, 0.29) is 19.8 Å². The second-order valence-corrected chi connectivity index (χ2v) is 11.5. The molecule has 0 unspecified atom stereocenters. The molecular formula is C34H42O15. The fourth-order valence-electron chi connectivity index (χ4n) is 5.48. The summed E-state index contributed by atoms with van der Waals surface area (Å²) in [5.74, 6) is -3.18. The Morgan fingerprint density at radius 2 is 1.14 bits per heavy atom. The number of hydrogen-bond acceptors (Lipinski definition) is 15. The molecule has 15 nitrogen and oxygen atoms in total. The predicted octanol–water partition coefficient (Wildman–Crippen LogP) is 1.33. The SMILES string of the molecule is CC(=O)OC[C@H]1O[C@H](O[C@H]2[C@@H](O)[C@H](OCc3ccccc3)[C@@H](COCc3ccccc3)O[C@@H]2O)[C@@H](OC(C)=O)[C@@H](OC(C)=O)[C@@H]1OC(C)=O. The number of carbonyl (C=O) groups is 4. The second kappa shape index (κ2) is 18.2. The quantitative estimate of drug-likeness (QED) is 0.213. The van der Waals surface area contributed by atoms with Gasteiger partial charge in [0.05, 0.1) is 19.8 Å². The summed E-state index contributed by atoms with van der Waals surface area (Å²) in [4.78, 5) is 48.2. The zero-order valence-electron chi connectivity index (χ0n) is 27.6. The first-order chi connectivity index (χ1) is 23.4. The van der Waals surface area contributed by atoms with E-state index < -0.39 is 91.9 Å². The van der Waals surface area contributed by atoms with E-state index in [1.807, 2.05) is 60.7 Å². The lowest BCUT2D eigenvalue weighted by atomic mass is 9.96. The Morgan fingerprint density at radius 1 is 0.612 bits per heavy atom. The van der Waals surface area contributed by atoms with Gasteiger partial charge in [0.1, 0.15) is 37.1 Å². The number of rotatable bonds is 14. The number of esters is 4. The van der Waals surface area contributed by atoms with Gasteiger partial charge >= 0.3 is 23.9 Å². The lowest BCUT2D eigenvalue weighted by Gasteiger charge is -2.47. The van der Waals surface area contributed by atoms with Crippen LogP contribution in [0.5, 0.6) is 0 Å². The highest BCUT2D eigenvalue weighted by molar-refractivity contribution is 5.68. The Bertz CT molecular complexity index is 1370. The average molecular weight is 691 g/mol. The smallest absolute Gasteiger partial charge is 0.303 e. The number of ether oxygens (including phenoxy) is 9. The van der Waals surface area contributed by atoms with Crippen LogP contribution in [0.2, 0.25) is 0 Å². The highest BCUT2D eigenvalue weighted by Gasteiger charge is 2.55. The molecule has 2 aromatic rings. The Kier molecular flexibility index (Phi) is 14.0. The molecule has 2 fully saturated rings. The summed E-state index contributed by atoms with van der Waals surface area (Å²) in [6, 6.07) is 18.5. The lowest BCUT2D eigenvalue weighted by Crippen LogP contribution is -2.66. The van der Waals surface area contributed by atoms with Gasteiger partial charge in [-0.05, 0) is 11.1 Å². The van der Waals surface area contributed by atoms with Gasteiger partial charge in [0.15, 0.2) is 30.9 Å². The van der Waals surface area contributed by atoms with Crippen molar-refractivity contribution in [2.45, 2.75) is 102 Å². The molecule has 2 aliphatic heterocycles. The fourth-order valence-corrected chi connectivity index (χ4v) is 5.48. The number of aliphatic hydroxyl groups is 2. The lowest BCUT2D eigenvalue weighted by molar-refractivity contribution is -0.366. The summed E-state index contributed by atoms with van der Waals surface area (Å²) < 4.78 is 51.3. The van der Waals surface area contributed by atoms with Gasteiger partial charge < -0.3 is 52.8 Å².